The van der Waals surface area contributed by atoms with Gasteiger partial charge < -0.3 is 14.6 Å². The summed E-state index contributed by atoms with van der Waals surface area (Å²) in [6.45, 7) is 6.49. The molecule has 0 saturated heterocycles. The highest BCUT2D eigenvalue weighted by Crippen LogP contribution is 2.61. The summed E-state index contributed by atoms with van der Waals surface area (Å²) in [5, 5.41) is 11.0. The van der Waals surface area contributed by atoms with Crippen molar-refractivity contribution in [2.45, 2.75) is 122 Å². The molecule has 3 aliphatic rings. The largest absolute Gasteiger partial charge is 0.459 e. The normalized spacial score (nSPS) is 31.3. The van der Waals surface area contributed by atoms with Crippen LogP contribution in [0, 0.1) is 17.3 Å². The Morgan fingerprint density at radius 1 is 1.03 bits per heavy atom. The van der Waals surface area contributed by atoms with Gasteiger partial charge in [-0.1, -0.05) is 52.5 Å². The molecule has 5 nitrogen and oxygen atoms in total. The van der Waals surface area contributed by atoms with E-state index < -0.39 is 12.2 Å². The number of aliphatic hydroxyl groups is 1. The van der Waals surface area contributed by atoms with Crippen LogP contribution < -0.4 is 4.74 Å². The fourth-order valence-electron chi connectivity index (χ4n) is 7.23. The molecule has 1 N–H and O–H groups in total. The third kappa shape index (κ3) is 5.60. The van der Waals surface area contributed by atoms with E-state index in [0.717, 1.165) is 64.2 Å². The SMILES string of the molecule is CCCCCC(=O)Oc1ccc2c(c1)CC[C@@H]1[C@@H]2CC[C@]2(C)[C@@H](OC(=O)CCCCC)C(O)C[C@@H]12. The van der Waals surface area contributed by atoms with E-state index in [0.29, 0.717) is 42.8 Å². The number of hydrogen-bond donors (Lipinski definition) is 1. The van der Waals surface area contributed by atoms with E-state index >= 15 is 0 Å². The number of aliphatic hydroxyl groups excluding tert-OH is 1. The molecule has 0 bridgehead atoms. The summed E-state index contributed by atoms with van der Waals surface area (Å²) in [6.07, 6.45) is 10.7. The molecule has 4 rings (SSSR count). The zero-order valence-electron chi connectivity index (χ0n) is 21.9. The highest BCUT2D eigenvalue weighted by Gasteiger charge is 2.59. The maximum Gasteiger partial charge on any atom is 0.311 e. The van der Waals surface area contributed by atoms with Gasteiger partial charge in [0.2, 0.25) is 0 Å². The van der Waals surface area contributed by atoms with Gasteiger partial charge in [0.15, 0.2) is 0 Å². The second-order valence-electron chi connectivity index (χ2n) is 11.4. The molecule has 5 heteroatoms. The lowest BCUT2D eigenvalue weighted by molar-refractivity contribution is -0.164. The second-order valence-corrected chi connectivity index (χ2v) is 11.4. The van der Waals surface area contributed by atoms with Crippen LogP contribution in [0.1, 0.15) is 115 Å². The molecule has 0 radical (unpaired) electrons. The Kier molecular flexibility index (Phi) is 8.57. The van der Waals surface area contributed by atoms with Crippen LogP contribution in [-0.2, 0) is 20.7 Å². The fraction of sp³-hybridized carbons (Fsp3) is 0.733. The molecule has 6 atom stereocenters. The van der Waals surface area contributed by atoms with Crippen molar-refractivity contribution in [3.63, 3.8) is 0 Å². The summed E-state index contributed by atoms with van der Waals surface area (Å²) in [5.74, 6) is 1.66. The predicted octanol–water partition coefficient (Wildman–Crippen LogP) is 6.49. The molecule has 0 aromatic heterocycles. The Hall–Kier alpha value is -1.88. The van der Waals surface area contributed by atoms with Gasteiger partial charge in [0.1, 0.15) is 11.9 Å². The molecule has 2 saturated carbocycles. The van der Waals surface area contributed by atoms with Crippen LogP contribution in [0.3, 0.4) is 0 Å². The van der Waals surface area contributed by atoms with Crippen LogP contribution in [0.25, 0.3) is 0 Å². The van der Waals surface area contributed by atoms with Gasteiger partial charge in [0.25, 0.3) is 0 Å². The van der Waals surface area contributed by atoms with Crippen molar-refractivity contribution in [2.24, 2.45) is 17.3 Å². The van der Waals surface area contributed by atoms with Gasteiger partial charge in [-0.25, -0.2) is 0 Å². The number of rotatable bonds is 10. The molecular formula is C30H44O5. The van der Waals surface area contributed by atoms with Gasteiger partial charge in [-0.3, -0.25) is 9.59 Å². The minimum absolute atomic E-state index is 0.143. The van der Waals surface area contributed by atoms with Crippen molar-refractivity contribution in [2.75, 3.05) is 0 Å². The molecule has 0 heterocycles. The van der Waals surface area contributed by atoms with E-state index in [1.54, 1.807) is 0 Å². The zero-order valence-corrected chi connectivity index (χ0v) is 21.9. The Morgan fingerprint density at radius 3 is 2.46 bits per heavy atom. The summed E-state index contributed by atoms with van der Waals surface area (Å²) in [6, 6.07) is 6.19. The summed E-state index contributed by atoms with van der Waals surface area (Å²) < 4.78 is 11.6. The number of ether oxygens (including phenoxy) is 2. The first kappa shape index (κ1) is 26.2. The number of carbonyl (C=O) groups excluding carboxylic acids is 2. The van der Waals surface area contributed by atoms with E-state index in [9.17, 15) is 14.7 Å². The van der Waals surface area contributed by atoms with Gasteiger partial charge in [-0.15, -0.1) is 0 Å². The smallest absolute Gasteiger partial charge is 0.311 e. The van der Waals surface area contributed by atoms with Crippen molar-refractivity contribution in [3.05, 3.63) is 29.3 Å². The number of fused-ring (bicyclic) bond motifs is 5. The van der Waals surface area contributed by atoms with Crippen molar-refractivity contribution >= 4 is 11.9 Å². The monoisotopic (exact) mass is 484 g/mol. The molecule has 35 heavy (non-hydrogen) atoms. The quantitative estimate of drug-likeness (QED) is 0.233. The second kappa shape index (κ2) is 11.5. The molecule has 2 fully saturated rings. The van der Waals surface area contributed by atoms with Crippen LogP contribution in [0.2, 0.25) is 0 Å². The molecule has 194 valence electrons. The van der Waals surface area contributed by atoms with Gasteiger partial charge in [0.05, 0.1) is 6.10 Å². The van der Waals surface area contributed by atoms with Crippen LogP contribution in [-0.4, -0.2) is 29.3 Å². The van der Waals surface area contributed by atoms with E-state index in [-0.39, 0.29) is 17.4 Å². The van der Waals surface area contributed by atoms with Crippen molar-refractivity contribution in [1.29, 1.82) is 0 Å². The Morgan fingerprint density at radius 2 is 1.74 bits per heavy atom. The van der Waals surface area contributed by atoms with Crippen LogP contribution in [0.5, 0.6) is 5.75 Å². The van der Waals surface area contributed by atoms with E-state index in [2.05, 4.69) is 32.9 Å². The first-order chi connectivity index (χ1) is 16.9. The Bertz CT molecular complexity index is 895. The van der Waals surface area contributed by atoms with E-state index in [1.807, 2.05) is 6.07 Å². The number of unbranched alkanes of at least 4 members (excludes halogenated alkanes) is 4. The number of benzene rings is 1. The average Bonchev–Trinajstić information content (AvgIpc) is 3.09. The van der Waals surface area contributed by atoms with E-state index in [1.165, 1.54) is 11.1 Å². The third-order valence-electron chi connectivity index (χ3n) is 9.09. The van der Waals surface area contributed by atoms with Crippen molar-refractivity contribution < 1.29 is 24.2 Å². The molecule has 1 aromatic carbocycles. The summed E-state index contributed by atoms with van der Waals surface area (Å²) in [7, 11) is 0. The van der Waals surface area contributed by atoms with Gasteiger partial charge in [0, 0.05) is 18.3 Å². The first-order valence-electron chi connectivity index (χ1n) is 14.1. The van der Waals surface area contributed by atoms with Gasteiger partial charge >= 0.3 is 11.9 Å². The zero-order chi connectivity index (χ0) is 25.0. The predicted molar refractivity (Wildman–Crippen MR) is 136 cm³/mol. The molecule has 3 aliphatic carbocycles. The number of aryl methyl sites for hydroxylation is 1. The number of esters is 2. The minimum Gasteiger partial charge on any atom is -0.459 e. The Labute approximate surface area is 211 Å². The fourth-order valence-corrected chi connectivity index (χ4v) is 7.23. The standard InChI is InChI=1S/C30H44O5/c1-4-6-8-10-27(32)34-21-13-15-22-20(18-21)12-14-24-23(22)16-17-30(3)25(24)19-26(31)29(30)35-28(33)11-9-7-5-2/h13,15,18,23-26,29,31H,4-12,14,16-17,19H2,1-3H3/t23-,24-,25+,26?,29+,30+/m1/s1. The van der Waals surface area contributed by atoms with Gasteiger partial charge in [-0.2, -0.15) is 0 Å². The lowest BCUT2D eigenvalue weighted by atomic mass is 9.55. The van der Waals surface area contributed by atoms with Crippen molar-refractivity contribution in [3.8, 4) is 5.75 Å². The molecule has 1 unspecified atom stereocenters. The lowest BCUT2D eigenvalue weighted by Gasteiger charge is -2.50. The maximum atomic E-state index is 12.5. The highest BCUT2D eigenvalue weighted by molar-refractivity contribution is 5.72. The van der Waals surface area contributed by atoms with Crippen LogP contribution in [0.15, 0.2) is 18.2 Å². The summed E-state index contributed by atoms with van der Waals surface area (Å²) in [4.78, 5) is 24.7. The molecule has 0 aliphatic heterocycles. The molecule has 1 aromatic rings. The van der Waals surface area contributed by atoms with Crippen molar-refractivity contribution in [1.82, 2.24) is 0 Å². The number of carbonyl (C=O) groups is 2. The first-order valence-corrected chi connectivity index (χ1v) is 14.1. The third-order valence-corrected chi connectivity index (χ3v) is 9.09. The van der Waals surface area contributed by atoms with Gasteiger partial charge in [-0.05, 0) is 86.0 Å². The van der Waals surface area contributed by atoms with E-state index in [4.69, 9.17) is 9.47 Å². The van der Waals surface area contributed by atoms with Crippen LogP contribution >= 0.6 is 0 Å². The maximum absolute atomic E-state index is 12.5. The number of hydrogen-bond acceptors (Lipinski definition) is 5. The minimum atomic E-state index is -0.574. The summed E-state index contributed by atoms with van der Waals surface area (Å²) in [5.41, 5.74) is 2.52. The summed E-state index contributed by atoms with van der Waals surface area (Å²) >= 11 is 0. The highest BCUT2D eigenvalue weighted by atomic mass is 16.6. The Balaban J connectivity index is 1.42. The topological polar surface area (TPSA) is 72.8 Å². The lowest BCUT2D eigenvalue weighted by Crippen LogP contribution is -2.46. The molecule has 0 amide bonds. The molecule has 0 spiro atoms. The average molecular weight is 485 g/mol. The molecular weight excluding hydrogens is 440 g/mol. The van der Waals surface area contributed by atoms with Crippen LogP contribution in [0.4, 0.5) is 0 Å².